The Morgan fingerprint density at radius 1 is 1.24 bits per heavy atom. The normalized spacial score (nSPS) is 24.3. The van der Waals surface area contributed by atoms with Gasteiger partial charge in [-0.2, -0.15) is 0 Å². The van der Waals surface area contributed by atoms with Crippen LogP contribution in [0.25, 0.3) is 0 Å². The summed E-state index contributed by atoms with van der Waals surface area (Å²) in [7, 11) is 0. The zero-order valence-electron chi connectivity index (χ0n) is 13.0. The van der Waals surface area contributed by atoms with Gasteiger partial charge in [-0.3, -0.25) is 9.59 Å². The van der Waals surface area contributed by atoms with Crippen LogP contribution >= 0.6 is 0 Å². The van der Waals surface area contributed by atoms with Gasteiger partial charge in [-0.15, -0.1) is 0 Å². The molecule has 2 rings (SSSR count). The summed E-state index contributed by atoms with van der Waals surface area (Å²) in [6, 6.07) is -0.233. The van der Waals surface area contributed by atoms with Crippen LogP contribution in [-0.4, -0.2) is 47.1 Å². The quantitative estimate of drug-likeness (QED) is 0.779. The number of aliphatic hydroxyl groups is 1. The lowest BCUT2D eigenvalue weighted by Crippen LogP contribution is -2.49. The third-order valence-corrected chi connectivity index (χ3v) is 4.73. The van der Waals surface area contributed by atoms with Crippen LogP contribution in [0.4, 0.5) is 0 Å². The van der Waals surface area contributed by atoms with E-state index in [0.29, 0.717) is 6.42 Å². The summed E-state index contributed by atoms with van der Waals surface area (Å²) in [5.74, 6) is 0.308. The first-order chi connectivity index (χ1) is 10.1. The van der Waals surface area contributed by atoms with Crippen molar-refractivity contribution in [1.82, 2.24) is 10.2 Å². The second-order valence-electron chi connectivity index (χ2n) is 6.45. The summed E-state index contributed by atoms with van der Waals surface area (Å²) in [6.45, 7) is 2.82. The zero-order valence-corrected chi connectivity index (χ0v) is 13.0. The topological polar surface area (TPSA) is 69.6 Å². The van der Waals surface area contributed by atoms with Crippen LogP contribution in [0, 0.1) is 5.92 Å². The number of nitrogens with one attached hydrogen (secondary N) is 1. The molecule has 2 amide bonds. The number of rotatable bonds is 6. The fourth-order valence-electron chi connectivity index (χ4n) is 3.52. The highest BCUT2D eigenvalue weighted by atomic mass is 16.3. The van der Waals surface area contributed by atoms with Gasteiger partial charge in [-0.05, 0) is 45.4 Å². The van der Waals surface area contributed by atoms with Crippen LogP contribution in [-0.2, 0) is 9.59 Å². The first-order valence-electron chi connectivity index (χ1n) is 8.35. The summed E-state index contributed by atoms with van der Waals surface area (Å²) < 4.78 is 0. The number of hydrogen-bond donors (Lipinski definition) is 2. The molecule has 2 unspecified atom stereocenters. The van der Waals surface area contributed by atoms with E-state index < -0.39 is 0 Å². The molecular formula is C16H28N2O3. The average molecular weight is 296 g/mol. The van der Waals surface area contributed by atoms with Gasteiger partial charge in [0.2, 0.25) is 11.8 Å². The van der Waals surface area contributed by atoms with E-state index in [4.69, 9.17) is 5.11 Å². The molecule has 0 aromatic carbocycles. The molecule has 1 saturated heterocycles. The molecule has 120 valence electrons. The van der Waals surface area contributed by atoms with Gasteiger partial charge in [0.05, 0.1) is 0 Å². The lowest BCUT2D eigenvalue weighted by atomic mass is 10.1. The molecule has 21 heavy (non-hydrogen) atoms. The van der Waals surface area contributed by atoms with Crippen molar-refractivity contribution in [2.24, 2.45) is 5.92 Å². The molecule has 1 aliphatic heterocycles. The smallest absolute Gasteiger partial charge is 0.243 e. The number of hydrogen-bond acceptors (Lipinski definition) is 3. The maximum absolute atomic E-state index is 12.5. The molecule has 2 aliphatic rings. The molecule has 2 fully saturated rings. The fourth-order valence-corrected chi connectivity index (χ4v) is 3.52. The summed E-state index contributed by atoms with van der Waals surface area (Å²) in [6.07, 6.45) is 7.40. The van der Waals surface area contributed by atoms with E-state index in [1.54, 1.807) is 0 Å². The van der Waals surface area contributed by atoms with Crippen molar-refractivity contribution in [3.05, 3.63) is 0 Å². The number of likely N-dealkylation sites (tertiary alicyclic amines) is 1. The third kappa shape index (κ3) is 4.19. The Hall–Kier alpha value is -1.10. The van der Waals surface area contributed by atoms with Gasteiger partial charge < -0.3 is 15.3 Å². The molecule has 1 heterocycles. The van der Waals surface area contributed by atoms with Gasteiger partial charge in [0.25, 0.3) is 0 Å². The number of nitrogens with zero attached hydrogens (tertiary/aromatic N) is 1. The molecule has 0 aromatic rings. The van der Waals surface area contributed by atoms with Crippen molar-refractivity contribution >= 4 is 11.8 Å². The number of amides is 2. The second kappa shape index (κ2) is 7.78. The maximum Gasteiger partial charge on any atom is 0.243 e. The highest BCUT2D eigenvalue weighted by molar-refractivity contribution is 5.89. The summed E-state index contributed by atoms with van der Waals surface area (Å²) in [5, 5.41) is 11.8. The van der Waals surface area contributed by atoms with Crippen LogP contribution in [0.1, 0.15) is 58.3 Å². The Balaban J connectivity index is 1.88. The molecule has 0 spiro atoms. The third-order valence-electron chi connectivity index (χ3n) is 4.73. The SMILES string of the molecule is CC(CCCO)NC(=O)C1CCCN1C(=O)C1CCCC1. The van der Waals surface area contributed by atoms with E-state index in [2.05, 4.69) is 5.32 Å². The van der Waals surface area contributed by atoms with E-state index in [0.717, 1.165) is 51.5 Å². The number of aliphatic hydroxyl groups excluding tert-OH is 1. The van der Waals surface area contributed by atoms with E-state index in [1.807, 2.05) is 11.8 Å². The number of carbonyl (C=O) groups excluding carboxylic acids is 2. The minimum absolute atomic E-state index is 0.0238. The largest absolute Gasteiger partial charge is 0.396 e. The molecule has 0 bridgehead atoms. The minimum Gasteiger partial charge on any atom is -0.396 e. The van der Waals surface area contributed by atoms with Crippen molar-refractivity contribution in [3.63, 3.8) is 0 Å². The van der Waals surface area contributed by atoms with Gasteiger partial charge in [-0.25, -0.2) is 0 Å². The molecule has 2 N–H and O–H groups in total. The Morgan fingerprint density at radius 3 is 2.62 bits per heavy atom. The molecule has 1 aliphatic carbocycles. The Morgan fingerprint density at radius 2 is 1.95 bits per heavy atom. The van der Waals surface area contributed by atoms with E-state index >= 15 is 0 Å². The molecular weight excluding hydrogens is 268 g/mol. The standard InChI is InChI=1S/C16H28N2O3/c1-12(6-5-11-19)17-15(20)14-9-4-10-18(14)16(21)13-7-2-3-8-13/h12-14,19H,2-11H2,1H3,(H,17,20). The van der Waals surface area contributed by atoms with Gasteiger partial charge in [-0.1, -0.05) is 12.8 Å². The first-order valence-corrected chi connectivity index (χ1v) is 8.35. The van der Waals surface area contributed by atoms with Gasteiger partial charge in [0.1, 0.15) is 6.04 Å². The number of carbonyl (C=O) groups is 2. The van der Waals surface area contributed by atoms with Gasteiger partial charge in [0, 0.05) is 25.1 Å². The van der Waals surface area contributed by atoms with Crippen molar-refractivity contribution in [1.29, 1.82) is 0 Å². The predicted molar refractivity (Wildman–Crippen MR) is 80.6 cm³/mol. The molecule has 1 saturated carbocycles. The van der Waals surface area contributed by atoms with E-state index in [-0.39, 0.29) is 36.4 Å². The van der Waals surface area contributed by atoms with Gasteiger partial charge in [0.15, 0.2) is 0 Å². The van der Waals surface area contributed by atoms with Crippen LogP contribution in [0.5, 0.6) is 0 Å². The minimum atomic E-state index is -0.283. The summed E-state index contributed by atoms with van der Waals surface area (Å²) >= 11 is 0. The Labute approximate surface area is 127 Å². The average Bonchev–Trinajstić information content (AvgIpc) is 3.14. The van der Waals surface area contributed by atoms with Gasteiger partial charge >= 0.3 is 0 Å². The van der Waals surface area contributed by atoms with Crippen LogP contribution in [0.3, 0.4) is 0 Å². The molecule has 5 nitrogen and oxygen atoms in total. The monoisotopic (exact) mass is 296 g/mol. The first kappa shape index (κ1) is 16.3. The maximum atomic E-state index is 12.5. The summed E-state index contributed by atoms with van der Waals surface area (Å²) in [5.41, 5.74) is 0. The van der Waals surface area contributed by atoms with Crippen LogP contribution < -0.4 is 5.32 Å². The Bertz CT molecular complexity index is 367. The lowest BCUT2D eigenvalue weighted by Gasteiger charge is -2.27. The molecule has 5 heteroatoms. The van der Waals surface area contributed by atoms with E-state index in [9.17, 15) is 9.59 Å². The van der Waals surface area contributed by atoms with Crippen LogP contribution in [0.15, 0.2) is 0 Å². The van der Waals surface area contributed by atoms with E-state index in [1.165, 1.54) is 0 Å². The molecule has 0 aromatic heterocycles. The van der Waals surface area contributed by atoms with Crippen molar-refractivity contribution in [2.75, 3.05) is 13.2 Å². The highest BCUT2D eigenvalue weighted by Gasteiger charge is 2.37. The van der Waals surface area contributed by atoms with Crippen molar-refractivity contribution in [3.8, 4) is 0 Å². The highest BCUT2D eigenvalue weighted by Crippen LogP contribution is 2.29. The lowest BCUT2D eigenvalue weighted by molar-refractivity contribution is -0.141. The zero-order chi connectivity index (χ0) is 15.2. The second-order valence-corrected chi connectivity index (χ2v) is 6.45. The predicted octanol–water partition coefficient (Wildman–Crippen LogP) is 1.44. The summed E-state index contributed by atoms with van der Waals surface area (Å²) in [4.78, 5) is 26.7. The fraction of sp³-hybridized carbons (Fsp3) is 0.875. The van der Waals surface area contributed by atoms with Crippen molar-refractivity contribution in [2.45, 2.75) is 70.4 Å². The molecule has 0 radical (unpaired) electrons. The Kier molecular flexibility index (Phi) is 6.03. The molecule has 2 atom stereocenters. The van der Waals surface area contributed by atoms with Crippen LogP contribution in [0.2, 0.25) is 0 Å². The van der Waals surface area contributed by atoms with Crippen molar-refractivity contribution < 1.29 is 14.7 Å².